The van der Waals surface area contributed by atoms with E-state index in [4.69, 9.17) is 0 Å². The second kappa shape index (κ2) is 4.74. The summed E-state index contributed by atoms with van der Waals surface area (Å²) >= 11 is 2.25. The van der Waals surface area contributed by atoms with Gasteiger partial charge in [-0.3, -0.25) is 4.68 Å². The van der Waals surface area contributed by atoms with E-state index in [2.05, 4.69) is 34.6 Å². The normalized spacial score (nSPS) is 12.8. The van der Waals surface area contributed by atoms with E-state index in [1.807, 2.05) is 17.8 Å². The van der Waals surface area contributed by atoms with Gasteiger partial charge in [0.2, 0.25) is 0 Å². The topological polar surface area (TPSA) is 34.9 Å². The first kappa shape index (κ1) is 10.7. The van der Waals surface area contributed by atoms with Crippen molar-refractivity contribution >= 4 is 28.9 Å². The Morgan fingerprint density at radius 1 is 1.77 bits per heavy atom. The lowest BCUT2D eigenvalue weighted by Crippen LogP contribution is -2.03. The van der Waals surface area contributed by atoms with Gasteiger partial charge in [0.15, 0.2) is 0 Å². The Hall–Kier alpha value is -0.390. The van der Waals surface area contributed by atoms with Crippen LogP contribution in [0.1, 0.15) is 19.5 Å². The summed E-state index contributed by atoms with van der Waals surface area (Å²) in [5.41, 5.74) is 1.03. The van der Waals surface area contributed by atoms with Crippen LogP contribution in [0.5, 0.6) is 0 Å². The van der Waals surface area contributed by atoms with Crippen molar-refractivity contribution in [2.45, 2.75) is 26.8 Å². The fraction of sp³-hybridized carbons (Fsp3) is 0.556. The lowest BCUT2D eigenvalue weighted by Gasteiger charge is -1.99. The van der Waals surface area contributed by atoms with Crippen LogP contribution in [0.2, 0.25) is 0 Å². The molecule has 0 spiro atoms. The zero-order chi connectivity index (χ0) is 9.84. The van der Waals surface area contributed by atoms with Crippen LogP contribution in [0.25, 0.3) is 0 Å². The van der Waals surface area contributed by atoms with Crippen molar-refractivity contribution in [3.63, 3.8) is 0 Å². The van der Waals surface area contributed by atoms with Crippen molar-refractivity contribution in [1.82, 2.24) is 9.78 Å². The maximum absolute atomic E-state index is 10.5. The van der Waals surface area contributed by atoms with E-state index >= 15 is 0 Å². The third-order valence-electron chi connectivity index (χ3n) is 1.86. The van der Waals surface area contributed by atoms with Gasteiger partial charge in [0.05, 0.1) is 9.26 Å². The Morgan fingerprint density at radius 2 is 2.46 bits per heavy atom. The Bertz CT molecular complexity index is 296. The number of carbonyl (C=O) groups excluding carboxylic acids is 1. The van der Waals surface area contributed by atoms with Crippen molar-refractivity contribution in [3.05, 3.63) is 15.5 Å². The fourth-order valence-corrected chi connectivity index (χ4v) is 1.74. The first-order chi connectivity index (χ1) is 6.17. The highest BCUT2D eigenvalue weighted by molar-refractivity contribution is 14.1. The third kappa shape index (κ3) is 2.79. The van der Waals surface area contributed by atoms with Crippen molar-refractivity contribution in [1.29, 1.82) is 0 Å². The molecular formula is C9H13IN2O. The van der Waals surface area contributed by atoms with Gasteiger partial charge in [-0.1, -0.05) is 6.92 Å². The van der Waals surface area contributed by atoms with Gasteiger partial charge >= 0.3 is 0 Å². The number of hydrogen-bond acceptors (Lipinski definition) is 2. The van der Waals surface area contributed by atoms with Crippen molar-refractivity contribution < 1.29 is 4.79 Å². The molecule has 13 heavy (non-hydrogen) atoms. The Morgan fingerprint density at radius 3 is 2.92 bits per heavy atom. The molecule has 1 aromatic heterocycles. The maximum Gasteiger partial charge on any atom is 0.123 e. The predicted molar refractivity (Wildman–Crippen MR) is 59.6 cm³/mol. The molecule has 4 heteroatoms. The first-order valence-corrected chi connectivity index (χ1v) is 5.42. The fourth-order valence-electron chi connectivity index (χ4n) is 1.09. The lowest BCUT2D eigenvalue weighted by molar-refractivity contribution is -0.110. The summed E-state index contributed by atoms with van der Waals surface area (Å²) in [7, 11) is 0. The quantitative estimate of drug-likeness (QED) is 0.627. The molecule has 1 atom stereocenters. The van der Waals surface area contributed by atoms with Crippen LogP contribution in [-0.2, 0) is 17.8 Å². The highest BCUT2D eigenvalue weighted by atomic mass is 127. The summed E-state index contributed by atoms with van der Waals surface area (Å²) in [6.07, 6.45) is 3.73. The molecule has 0 aliphatic heterocycles. The third-order valence-corrected chi connectivity index (χ3v) is 2.76. The minimum atomic E-state index is 0.0636. The number of aldehydes is 1. The van der Waals surface area contributed by atoms with Gasteiger partial charge in [-0.15, -0.1) is 0 Å². The molecule has 72 valence electrons. The van der Waals surface area contributed by atoms with Crippen LogP contribution >= 0.6 is 22.6 Å². The van der Waals surface area contributed by atoms with E-state index in [1.165, 1.54) is 0 Å². The molecular weight excluding hydrogens is 279 g/mol. The van der Waals surface area contributed by atoms with Crippen LogP contribution in [0.15, 0.2) is 6.20 Å². The van der Waals surface area contributed by atoms with E-state index in [0.717, 1.165) is 28.5 Å². The predicted octanol–water partition coefficient (Wildman–Crippen LogP) is 1.89. The van der Waals surface area contributed by atoms with E-state index in [0.29, 0.717) is 0 Å². The van der Waals surface area contributed by atoms with Gasteiger partial charge in [0.25, 0.3) is 0 Å². The Kier molecular flexibility index (Phi) is 3.90. The Labute approximate surface area is 91.7 Å². The summed E-state index contributed by atoms with van der Waals surface area (Å²) in [5.74, 6) is 0.0636. The second-order valence-electron chi connectivity index (χ2n) is 3.10. The summed E-state index contributed by atoms with van der Waals surface area (Å²) in [4.78, 5) is 10.5. The molecule has 0 saturated heterocycles. The molecule has 0 amide bonds. The van der Waals surface area contributed by atoms with Crippen LogP contribution < -0.4 is 0 Å². The molecule has 1 rings (SSSR count). The van der Waals surface area contributed by atoms with E-state index < -0.39 is 0 Å². The number of rotatable bonds is 4. The molecule has 1 aromatic rings. The van der Waals surface area contributed by atoms with E-state index in [1.54, 1.807) is 0 Å². The number of carbonyl (C=O) groups is 1. The average Bonchev–Trinajstić information content (AvgIpc) is 2.47. The van der Waals surface area contributed by atoms with Gasteiger partial charge in [-0.05, 0) is 29.5 Å². The van der Waals surface area contributed by atoms with Crippen molar-refractivity contribution in [2.75, 3.05) is 0 Å². The number of aryl methyl sites for hydroxylation is 1. The average molecular weight is 292 g/mol. The molecule has 0 fully saturated rings. The molecule has 1 unspecified atom stereocenters. The minimum absolute atomic E-state index is 0.0636. The molecule has 0 radical (unpaired) electrons. The summed E-state index contributed by atoms with van der Waals surface area (Å²) in [6, 6.07) is 0. The molecule has 0 saturated carbocycles. The Balaban J connectivity index is 2.76. The lowest BCUT2D eigenvalue weighted by atomic mass is 10.1. The van der Waals surface area contributed by atoms with Gasteiger partial charge in [-0.2, -0.15) is 5.10 Å². The molecule has 0 aromatic carbocycles. The first-order valence-electron chi connectivity index (χ1n) is 4.34. The summed E-state index contributed by atoms with van der Waals surface area (Å²) in [5, 5.41) is 4.37. The number of aromatic nitrogens is 2. The van der Waals surface area contributed by atoms with Crippen molar-refractivity contribution in [2.24, 2.45) is 5.92 Å². The van der Waals surface area contributed by atoms with Gasteiger partial charge < -0.3 is 4.79 Å². The van der Waals surface area contributed by atoms with Crippen LogP contribution in [0.4, 0.5) is 0 Å². The van der Waals surface area contributed by atoms with Crippen molar-refractivity contribution in [3.8, 4) is 0 Å². The molecule has 1 heterocycles. The zero-order valence-electron chi connectivity index (χ0n) is 7.83. The molecule has 0 N–H and O–H groups in total. The van der Waals surface area contributed by atoms with Gasteiger partial charge in [0.1, 0.15) is 6.29 Å². The number of nitrogens with zero attached hydrogens (tertiary/aromatic N) is 2. The van der Waals surface area contributed by atoms with Gasteiger partial charge in [-0.25, -0.2) is 0 Å². The SMILES string of the molecule is CCn1cc(I)c(CC(C)C=O)n1. The molecule has 3 nitrogen and oxygen atoms in total. The smallest absolute Gasteiger partial charge is 0.123 e. The summed E-state index contributed by atoms with van der Waals surface area (Å²) in [6.45, 7) is 4.84. The standard InChI is InChI=1S/C9H13IN2O/c1-3-12-5-8(10)9(11-12)4-7(2)6-13/h5-7H,3-4H2,1-2H3. The molecule has 0 aliphatic carbocycles. The number of hydrogen-bond donors (Lipinski definition) is 0. The second-order valence-corrected chi connectivity index (χ2v) is 4.26. The highest BCUT2D eigenvalue weighted by Crippen LogP contribution is 2.13. The van der Waals surface area contributed by atoms with Crippen LogP contribution in [0.3, 0.4) is 0 Å². The maximum atomic E-state index is 10.5. The van der Waals surface area contributed by atoms with E-state index in [9.17, 15) is 4.79 Å². The molecule has 0 bridgehead atoms. The highest BCUT2D eigenvalue weighted by Gasteiger charge is 2.09. The summed E-state index contributed by atoms with van der Waals surface area (Å²) < 4.78 is 3.04. The largest absolute Gasteiger partial charge is 0.303 e. The minimum Gasteiger partial charge on any atom is -0.303 e. The molecule has 0 aliphatic rings. The van der Waals surface area contributed by atoms with Gasteiger partial charge in [0, 0.05) is 25.1 Å². The van der Waals surface area contributed by atoms with Crippen LogP contribution in [-0.4, -0.2) is 16.1 Å². The zero-order valence-corrected chi connectivity index (χ0v) is 9.98. The van der Waals surface area contributed by atoms with Crippen LogP contribution in [0, 0.1) is 9.49 Å². The number of halogens is 1. The van der Waals surface area contributed by atoms with E-state index in [-0.39, 0.29) is 5.92 Å². The monoisotopic (exact) mass is 292 g/mol.